The number of pyridine rings is 1. The Morgan fingerprint density at radius 3 is 2.50 bits per heavy atom. The Balaban J connectivity index is 1.71. The van der Waals surface area contributed by atoms with Crippen LogP contribution in [0.15, 0.2) is 54.7 Å². The first-order valence-electron chi connectivity index (χ1n) is 8.32. The summed E-state index contributed by atoms with van der Waals surface area (Å²) in [4.78, 5) is 17.9. The number of benzene rings is 1. The molecule has 1 amide bonds. The van der Waals surface area contributed by atoms with Crippen molar-refractivity contribution in [3.63, 3.8) is 0 Å². The molecule has 1 N–H and O–H groups in total. The normalized spacial score (nSPS) is 16.6. The molecule has 1 aromatic heterocycles. The number of amides is 1. The van der Waals surface area contributed by atoms with E-state index in [1.807, 2.05) is 42.6 Å². The summed E-state index contributed by atoms with van der Waals surface area (Å²) in [6, 6.07) is 16.8. The number of aromatic nitrogens is 1. The van der Waals surface area contributed by atoms with Crippen molar-refractivity contribution < 1.29 is 9.53 Å². The van der Waals surface area contributed by atoms with Gasteiger partial charge in [-0.3, -0.25) is 4.98 Å². The van der Waals surface area contributed by atoms with Crippen LogP contribution in [0.5, 0.6) is 0 Å². The van der Waals surface area contributed by atoms with E-state index in [4.69, 9.17) is 4.74 Å². The summed E-state index contributed by atoms with van der Waals surface area (Å²) >= 11 is 0. The molecule has 0 aliphatic carbocycles. The molecule has 1 aliphatic rings. The molecular weight excluding hydrogens is 302 g/mol. The van der Waals surface area contributed by atoms with Gasteiger partial charge in [0.05, 0.1) is 18.8 Å². The third kappa shape index (κ3) is 3.92. The monoisotopic (exact) mass is 325 g/mol. The molecule has 5 nitrogen and oxygen atoms in total. The van der Waals surface area contributed by atoms with E-state index in [0.717, 1.165) is 18.5 Å². The lowest BCUT2D eigenvalue weighted by Crippen LogP contribution is -2.46. The summed E-state index contributed by atoms with van der Waals surface area (Å²) in [5.41, 5.74) is 2.21. The van der Waals surface area contributed by atoms with Crippen molar-refractivity contribution in [2.75, 3.05) is 20.2 Å². The van der Waals surface area contributed by atoms with Crippen molar-refractivity contribution in [2.24, 2.45) is 0 Å². The minimum atomic E-state index is -0.238. The number of piperidine rings is 1. The van der Waals surface area contributed by atoms with E-state index in [1.54, 1.807) is 4.90 Å². The van der Waals surface area contributed by atoms with Gasteiger partial charge >= 0.3 is 6.09 Å². The summed E-state index contributed by atoms with van der Waals surface area (Å²) in [5, 5.41) is 3.72. The molecule has 0 saturated carbocycles. The minimum Gasteiger partial charge on any atom is -0.453 e. The van der Waals surface area contributed by atoms with Gasteiger partial charge in [0.25, 0.3) is 0 Å². The van der Waals surface area contributed by atoms with Gasteiger partial charge < -0.3 is 15.0 Å². The number of hydrogen-bond donors (Lipinski definition) is 1. The molecule has 2 aromatic rings. The summed E-state index contributed by atoms with van der Waals surface area (Å²) in [6.45, 7) is 1.43. The lowest BCUT2D eigenvalue weighted by atomic mass is 9.98. The van der Waals surface area contributed by atoms with E-state index in [-0.39, 0.29) is 12.1 Å². The van der Waals surface area contributed by atoms with Crippen LogP contribution in [0.25, 0.3) is 0 Å². The molecule has 0 radical (unpaired) electrons. The van der Waals surface area contributed by atoms with E-state index >= 15 is 0 Å². The molecule has 1 unspecified atom stereocenters. The number of carbonyl (C=O) groups is 1. The van der Waals surface area contributed by atoms with Crippen LogP contribution in [0, 0.1) is 0 Å². The average Bonchev–Trinajstić information content (AvgIpc) is 2.67. The number of nitrogens with zero attached hydrogens (tertiary/aromatic N) is 2. The van der Waals surface area contributed by atoms with Crippen LogP contribution in [-0.4, -0.2) is 42.2 Å². The molecule has 126 valence electrons. The maximum Gasteiger partial charge on any atom is 0.409 e. The maximum atomic E-state index is 11.6. The number of hydrogen-bond acceptors (Lipinski definition) is 4. The van der Waals surface area contributed by atoms with Crippen molar-refractivity contribution in [1.82, 2.24) is 15.2 Å². The average molecular weight is 325 g/mol. The van der Waals surface area contributed by atoms with Gasteiger partial charge in [-0.25, -0.2) is 4.79 Å². The first-order valence-corrected chi connectivity index (χ1v) is 8.32. The van der Waals surface area contributed by atoms with E-state index in [9.17, 15) is 4.79 Å². The first-order chi connectivity index (χ1) is 11.8. The Kier molecular flexibility index (Phi) is 5.43. The fraction of sp³-hybridized carbons (Fsp3) is 0.368. The number of nitrogens with one attached hydrogen (secondary N) is 1. The van der Waals surface area contributed by atoms with E-state index < -0.39 is 0 Å². The van der Waals surface area contributed by atoms with Crippen molar-refractivity contribution in [1.29, 1.82) is 0 Å². The summed E-state index contributed by atoms with van der Waals surface area (Å²) < 4.78 is 4.80. The van der Waals surface area contributed by atoms with Gasteiger partial charge in [-0.15, -0.1) is 0 Å². The highest BCUT2D eigenvalue weighted by atomic mass is 16.5. The van der Waals surface area contributed by atoms with Crippen molar-refractivity contribution in [2.45, 2.75) is 24.9 Å². The SMILES string of the molecule is COC(=O)N1CCC(NC(c2ccccc2)c2ccccn2)CC1. The van der Waals surface area contributed by atoms with Crippen LogP contribution in [0.4, 0.5) is 4.79 Å². The van der Waals surface area contributed by atoms with Crippen LogP contribution in [0.1, 0.15) is 30.1 Å². The van der Waals surface area contributed by atoms with Crippen LogP contribution >= 0.6 is 0 Å². The first kappa shape index (κ1) is 16.5. The van der Waals surface area contributed by atoms with E-state index in [0.29, 0.717) is 19.1 Å². The third-order valence-corrected chi connectivity index (χ3v) is 4.45. The van der Waals surface area contributed by atoms with Gasteiger partial charge in [0.2, 0.25) is 0 Å². The highest BCUT2D eigenvalue weighted by Gasteiger charge is 2.26. The molecule has 1 aliphatic heterocycles. The number of ether oxygens (including phenoxy) is 1. The second kappa shape index (κ2) is 7.93. The van der Waals surface area contributed by atoms with Crippen molar-refractivity contribution in [3.8, 4) is 0 Å². The number of likely N-dealkylation sites (tertiary alicyclic amines) is 1. The van der Waals surface area contributed by atoms with Crippen LogP contribution in [0.3, 0.4) is 0 Å². The zero-order valence-electron chi connectivity index (χ0n) is 13.9. The molecule has 0 spiro atoms. The van der Waals surface area contributed by atoms with E-state index in [2.05, 4.69) is 22.4 Å². The third-order valence-electron chi connectivity index (χ3n) is 4.45. The molecular formula is C19H23N3O2. The lowest BCUT2D eigenvalue weighted by molar-refractivity contribution is 0.109. The molecule has 24 heavy (non-hydrogen) atoms. The molecule has 5 heteroatoms. The second-order valence-electron chi connectivity index (χ2n) is 6.00. The Hall–Kier alpha value is -2.40. The zero-order valence-corrected chi connectivity index (χ0v) is 13.9. The Labute approximate surface area is 142 Å². The number of methoxy groups -OCH3 is 1. The molecule has 1 aromatic carbocycles. The molecule has 1 atom stereocenters. The Bertz CT molecular complexity index is 601. The second-order valence-corrected chi connectivity index (χ2v) is 6.00. The van der Waals surface area contributed by atoms with Crippen LogP contribution in [-0.2, 0) is 4.74 Å². The lowest BCUT2D eigenvalue weighted by Gasteiger charge is -2.33. The van der Waals surface area contributed by atoms with Gasteiger partial charge in [-0.05, 0) is 30.5 Å². The summed E-state index contributed by atoms with van der Waals surface area (Å²) in [7, 11) is 1.43. The molecule has 2 heterocycles. The predicted octanol–water partition coefficient (Wildman–Crippen LogP) is 2.99. The fourth-order valence-electron chi connectivity index (χ4n) is 3.14. The van der Waals surface area contributed by atoms with Gasteiger partial charge in [-0.2, -0.15) is 0 Å². The van der Waals surface area contributed by atoms with Crippen molar-refractivity contribution in [3.05, 3.63) is 66.0 Å². The smallest absolute Gasteiger partial charge is 0.409 e. The minimum absolute atomic E-state index is 0.0575. The quantitative estimate of drug-likeness (QED) is 0.939. The van der Waals surface area contributed by atoms with Crippen LogP contribution < -0.4 is 5.32 Å². The van der Waals surface area contributed by atoms with Gasteiger partial charge in [0, 0.05) is 25.3 Å². The summed E-state index contributed by atoms with van der Waals surface area (Å²) in [6.07, 6.45) is 3.40. The maximum absolute atomic E-state index is 11.6. The predicted molar refractivity (Wildman–Crippen MR) is 92.7 cm³/mol. The summed E-state index contributed by atoms with van der Waals surface area (Å²) in [5.74, 6) is 0. The van der Waals surface area contributed by atoms with Gasteiger partial charge in [0.15, 0.2) is 0 Å². The Morgan fingerprint density at radius 1 is 1.17 bits per heavy atom. The number of rotatable bonds is 4. The molecule has 1 fully saturated rings. The van der Waals surface area contributed by atoms with Crippen molar-refractivity contribution >= 4 is 6.09 Å². The standard InChI is InChI=1S/C19H23N3O2/c1-24-19(23)22-13-10-16(11-14-22)21-18(15-7-3-2-4-8-15)17-9-5-6-12-20-17/h2-9,12,16,18,21H,10-11,13-14H2,1H3. The Morgan fingerprint density at radius 2 is 1.88 bits per heavy atom. The zero-order chi connectivity index (χ0) is 16.8. The molecule has 0 bridgehead atoms. The molecule has 3 rings (SSSR count). The number of carbonyl (C=O) groups excluding carboxylic acids is 1. The molecule has 1 saturated heterocycles. The highest BCUT2D eigenvalue weighted by Crippen LogP contribution is 2.23. The topological polar surface area (TPSA) is 54.5 Å². The van der Waals surface area contributed by atoms with E-state index in [1.165, 1.54) is 12.7 Å². The fourth-order valence-corrected chi connectivity index (χ4v) is 3.14. The van der Waals surface area contributed by atoms with Gasteiger partial charge in [0.1, 0.15) is 0 Å². The van der Waals surface area contributed by atoms with Gasteiger partial charge in [-0.1, -0.05) is 36.4 Å². The largest absolute Gasteiger partial charge is 0.453 e. The van der Waals surface area contributed by atoms with Crippen LogP contribution in [0.2, 0.25) is 0 Å². The highest BCUT2D eigenvalue weighted by molar-refractivity contribution is 5.67.